The maximum Gasteiger partial charge on any atom is 0.137 e. The van der Waals surface area contributed by atoms with Crippen molar-refractivity contribution in [2.24, 2.45) is 5.73 Å². The standard InChI is InChI=1S/C17H16ClNO/c1-10-4-3-5-13-9-15(20-17(10)13)16(19)12-6-7-14(18)11(2)8-12/h3-9,16H,19H2,1-2H3. The zero-order valence-electron chi connectivity index (χ0n) is 11.5. The Labute approximate surface area is 123 Å². The lowest BCUT2D eigenvalue weighted by Crippen LogP contribution is -2.10. The lowest BCUT2D eigenvalue weighted by molar-refractivity contribution is 0.523. The molecular formula is C17H16ClNO. The second-order valence-electron chi connectivity index (χ2n) is 5.13. The first-order valence-electron chi connectivity index (χ1n) is 6.57. The number of furan rings is 1. The summed E-state index contributed by atoms with van der Waals surface area (Å²) in [4.78, 5) is 0. The molecule has 2 aromatic carbocycles. The van der Waals surface area contributed by atoms with E-state index in [0.29, 0.717) is 0 Å². The van der Waals surface area contributed by atoms with Crippen LogP contribution in [0.2, 0.25) is 5.02 Å². The fourth-order valence-electron chi connectivity index (χ4n) is 2.41. The van der Waals surface area contributed by atoms with E-state index in [4.69, 9.17) is 21.8 Å². The highest BCUT2D eigenvalue weighted by Gasteiger charge is 2.15. The Balaban J connectivity index is 2.05. The first-order chi connectivity index (χ1) is 9.56. The smallest absolute Gasteiger partial charge is 0.137 e. The molecule has 3 heteroatoms. The molecule has 0 aliphatic heterocycles. The molecule has 2 nitrogen and oxygen atoms in total. The van der Waals surface area contributed by atoms with Crippen LogP contribution in [0.5, 0.6) is 0 Å². The molecule has 0 spiro atoms. The zero-order valence-corrected chi connectivity index (χ0v) is 12.2. The Hall–Kier alpha value is -1.77. The lowest BCUT2D eigenvalue weighted by atomic mass is 10.0. The van der Waals surface area contributed by atoms with E-state index in [1.165, 1.54) is 0 Å². The predicted octanol–water partition coefficient (Wildman–Crippen LogP) is 4.75. The number of rotatable bonds is 2. The van der Waals surface area contributed by atoms with Crippen LogP contribution in [0, 0.1) is 13.8 Å². The van der Waals surface area contributed by atoms with E-state index in [9.17, 15) is 0 Å². The molecule has 3 aromatic rings. The highest BCUT2D eigenvalue weighted by atomic mass is 35.5. The topological polar surface area (TPSA) is 39.2 Å². The largest absolute Gasteiger partial charge is 0.459 e. The van der Waals surface area contributed by atoms with Crippen LogP contribution in [0.1, 0.15) is 28.5 Å². The van der Waals surface area contributed by atoms with E-state index in [1.54, 1.807) is 0 Å². The van der Waals surface area contributed by atoms with Gasteiger partial charge in [0.1, 0.15) is 11.3 Å². The van der Waals surface area contributed by atoms with Crippen molar-refractivity contribution in [3.8, 4) is 0 Å². The second kappa shape index (κ2) is 4.97. The molecule has 0 amide bonds. The van der Waals surface area contributed by atoms with E-state index < -0.39 is 0 Å². The van der Waals surface area contributed by atoms with Gasteiger partial charge in [0.15, 0.2) is 0 Å². The predicted molar refractivity (Wildman–Crippen MR) is 83.2 cm³/mol. The Bertz CT molecular complexity index is 776. The number of aryl methyl sites for hydroxylation is 2. The normalized spacial score (nSPS) is 12.8. The summed E-state index contributed by atoms with van der Waals surface area (Å²) in [5.41, 5.74) is 10.4. The molecule has 0 saturated heterocycles. The molecule has 0 aliphatic carbocycles. The van der Waals surface area contributed by atoms with Gasteiger partial charge >= 0.3 is 0 Å². The Morgan fingerprint density at radius 3 is 2.55 bits per heavy atom. The average molecular weight is 286 g/mol. The molecule has 0 aliphatic rings. The molecule has 102 valence electrons. The number of fused-ring (bicyclic) bond motifs is 1. The van der Waals surface area contributed by atoms with Crippen LogP contribution < -0.4 is 5.73 Å². The Morgan fingerprint density at radius 1 is 1.05 bits per heavy atom. The van der Waals surface area contributed by atoms with Gasteiger partial charge in [0, 0.05) is 10.4 Å². The van der Waals surface area contributed by atoms with Crippen molar-refractivity contribution in [1.29, 1.82) is 0 Å². The van der Waals surface area contributed by atoms with Crippen LogP contribution in [-0.2, 0) is 0 Å². The average Bonchev–Trinajstić information content (AvgIpc) is 2.86. The van der Waals surface area contributed by atoms with Crippen LogP contribution in [-0.4, -0.2) is 0 Å². The summed E-state index contributed by atoms with van der Waals surface area (Å²) in [5.74, 6) is 0.774. The zero-order chi connectivity index (χ0) is 14.3. The van der Waals surface area contributed by atoms with Gasteiger partial charge in [-0.2, -0.15) is 0 Å². The monoisotopic (exact) mass is 285 g/mol. The van der Waals surface area contributed by atoms with Crippen molar-refractivity contribution < 1.29 is 4.42 Å². The summed E-state index contributed by atoms with van der Waals surface area (Å²) < 4.78 is 5.93. The molecule has 2 N–H and O–H groups in total. The fourth-order valence-corrected chi connectivity index (χ4v) is 2.53. The van der Waals surface area contributed by atoms with Crippen molar-refractivity contribution in [2.45, 2.75) is 19.9 Å². The summed E-state index contributed by atoms with van der Waals surface area (Å²) >= 11 is 6.05. The summed E-state index contributed by atoms with van der Waals surface area (Å²) in [6.45, 7) is 4.01. The van der Waals surface area contributed by atoms with Crippen molar-refractivity contribution in [1.82, 2.24) is 0 Å². The first-order valence-corrected chi connectivity index (χ1v) is 6.95. The number of nitrogens with two attached hydrogens (primary N) is 1. The van der Waals surface area contributed by atoms with Gasteiger partial charge in [-0.25, -0.2) is 0 Å². The second-order valence-corrected chi connectivity index (χ2v) is 5.54. The molecular weight excluding hydrogens is 270 g/mol. The molecule has 1 heterocycles. The third kappa shape index (κ3) is 2.21. The number of hydrogen-bond donors (Lipinski definition) is 1. The molecule has 20 heavy (non-hydrogen) atoms. The van der Waals surface area contributed by atoms with Gasteiger partial charge in [0.2, 0.25) is 0 Å². The SMILES string of the molecule is Cc1cc(C(N)c2cc3cccc(C)c3o2)ccc1Cl. The minimum Gasteiger partial charge on any atom is -0.459 e. The minimum absolute atomic E-state index is 0.280. The van der Waals surface area contributed by atoms with Crippen molar-refractivity contribution in [3.05, 3.63) is 69.9 Å². The highest BCUT2D eigenvalue weighted by molar-refractivity contribution is 6.31. The quantitative estimate of drug-likeness (QED) is 0.738. The molecule has 0 saturated carbocycles. The maximum absolute atomic E-state index is 6.31. The van der Waals surface area contributed by atoms with Crippen LogP contribution in [0.25, 0.3) is 11.0 Å². The third-order valence-corrected chi connectivity index (χ3v) is 4.03. The van der Waals surface area contributed by atoms with E-state index >= 15 is 0 Å². The summed E-state index contributed by atoms with van der Waals surface area (Å²) in [6, 6.07) is 13.7. The molecule has 3 rings (SSSR count). The minimum atomic E-state index is -0.280. The molecule has 1 aromatic heterocycles. The number of benzene rings is 2. The van der Waals surface area contributed by atoms with Gasteiger partial charge in [0.05, 0.1) is 6.04 Å². The van der Waals surface area contributed by atoms with E-state index in [1.807, 2.05) is 56.3 Å². The van der Waals surface area contributed by atoms with Crippen molar-refractivity contribution >= 4 is 22.6 Å². The van der Waals surface area contributed by atoms with Crippen LogP contribution in [0.15, 0.2) is 46.9 Å². The van der Waals surface area contributed by atoms with E-state index in [0.717, 1.165) is 38.4 Å². The summed E-state index contributed by atoms with van der Waals surface area (Å²) in [5, 5.41) is 1.84. The lowest BCUT2D eigenvalue weighted by Gasteiger charge is -2.10. The molecule has 0 bridgehead atoms. The fraction of sp³-hybridized carbons (Fsp3) is 0.176. The van der Waals surface area contributed by atoms with Gasteiger partial charge < -0.3 is 10.2 Å². The number of hydrogen-bond acceptors (Lipinski definition) is 2. The van der Waals surface area contributed by atoms with Crippen LogP contribution in [0.4, 0.5) is 0 Å². The van der Waals surface area contributed by atoms with Gasteiger partial charge in [-0.15, -0.1) is 0 Å². The highest BCUT2D eigenvalue weighted by Crippen LogP contribution is 2.29. The van der Waals surface area contributed by atoms with Gasteiger partial charge in [-0.1, -0.05) is 41.9 Å². The van der Waals surface area contributed by atoms with E-state index in [2.05, 4.69) is 0 Å². The van der Waals surface area contributed by atoms with E-state index in [-0.39, 0.29) is 6.04 Å². The Kier molecular flexibility index (Phi) is 3.28. The molecule has 0 fully saturated rings. The number of para-hydroxylation sites is 1. The van der Waals surface area contributed by atoms with Gasteiger partial charge in [0.25, 0.3) is 0 Å². The number of halogens is 1. The molecule has 1 unspecified atom stereocenters. The summed E-state index contributed by atoms with van der Waals surface area (Å²) in [7, 11) is 0. The Morgan fingerprint density at radius 2 is 1.85 bits per heavy atom. The van der Waals surface area contributed by atoms with Gasteiger partial charge in [-0.05, 0) is 42.7 Å². The maximum atomic E-state index is 6.31. The first kappa shape index (κ1) is 13.2. The molecule has 0 radical (unpaired) electrons. The summed E-state index contributed by atoms with van der Waals surface area (Å²) in [6.07, 6.45) is 0. The molecule has 1 atom stereocenters. The van der Waals surface area contributed by atoms with Gasteiger partial charge in [-0.3, -0.25) is 0 Å². The van der Waals surface area contributed by atoms with Crippen molar-refractivity contribution in [3.63, 3.8) is 0 Å². The van der Waals surface area contributed by atoms with Crippen LogP contribution >= 0.6 is 11.6 Å². The van der Waals surface area contributed by atoms with Crippen LogP contribution in [0.3, 0.4) is 0 Å². The third-order valence-electron chi connectivity index (χ3n) is 3.61. The van der Waals surface area contributed by atoms with Crippen molar-refractivity contribution in [2.75, 3.05) is 0 Å².